The van der Waals surface area contributed by atoms with Gasteiger partial charge >= 0.3 is 0 Å². The summed E-state index contributed by atoms with van der Waals surface area (Å²) in [7, 11) is 0. The third-order valence-corrected chi connectivity index (χ3v) is 6.17. The summed E-state index contributed by atoms with van der Waals surface area (Å²) in [4.78, 5) is 0. The summed E-state index contributed by atoms with van der Waals surface area (Å²) in [5, 5.41) is 3.85. The van der Waals surface area contributed by atoms with E-state index in [1.54, 1.807) is 58.7 Å². The molecule has 0 amide bonds. The molecule has 0 radical (unpaired) electrons. The molecule has 2 heterocycles. The molecule has 6 heteroatoms. The molecule has 0 aromatic carbocycles. The van der Waals surface area contributed by atoms with Crippen molar-refractivity contribution in [1.82, 2.24) is 0 Å². The maximum absolute atomic E-state index is 5.13. The van der Waals surface area contributed by atoms with Crippen molar-refractivity contribution in [3.05, 3.63) is 26.5 Å². The predicted octanol–water partition coefficient (Wildman–Crippen LogP) is 4.70. The van der Waals surface area contributed by atoms with Gasteiger partial charge in [-0.2, -0.15) is 0 Å². The highest BCUT2D eigenvalue weighted by Crippen LogP contribution is 2.41. The predicted molar refractivity (Wildman–Crippen MR) is 64.1 cm³/mol. The van der Waals surface area contributed by atoms with Crippen molar-refractivity contribution in [2.45, 2.75) is 8.42 Å². The van der Waals surface area contributed by atoms with E-state index in [1.807, 2.05) is 10.8 Å². The lowest BCUT2D eigenvalue weighted by atomic mass is 11.1. The van der Waals surface area contributed by atoms with Crippen molar-refractivity contribution in [1.29, 1.82) is 0 Å². The molecule has 13 heavy (non-hydrogen) atoms. The Balaban J connectivity index is 2.38. The molecule has 0 unspecified atom stereocenters. The fourth-order valence-electron chi connectivity index (χ4n) is 0.689. The van der Waals surface area contributed by atoms with Crippen molar-refractivity contribution < 1.29 is 4.74 Å². The number of hydrogen-bond donors (Lipinski definition) is 0. The van der Waals surface area contributed by atoms with Crippen LogP contribution in [0.15, 0.2) is 31.8 Å². The highest BCUT2D eigenvalue weighted by atomic mass is 32.2. The Labute approximate surface area is 97.5 Å². The zero-order chi connectivity index (χ0) is 9.10. The first-order valence-electron chi connectivity index (χ1n) is 3.29. The SMILES string of the molecule is S=c1sc2c(s1)S/C=C\O/C=C\S2. The molecule has 0 bridgehead atoms. The average molecular weight is 264 g/mol. The molecule has 0 aliphatic carbocycles. The summed E-state index contributed by atoms with van der Waals surface area (Å²) in [6.07, 6.45) is 3.34. The number of thioether (sulfide) groups is 2. The van der Waals surface area contributed by atoms with Crippen LogP contribution in [0.2, 0.25) is 0 Å². The van der Waals surface area contributed by atoms with Gasteiger partial charge in [0, 0.05) is 10.8 Å². The smallest absolute Gasteiger partial charge is 0.145 e. The van der Waals surface area contributed by atoms with Gasteiger partial charge in [-0.1, -0.05) is 35.7 Å². The Morgan fingerprint density at radius 3 is 2.08 bits per heavy atom. The van der Waals surface area contributed by atoms with Gasteiger partial charge in [0.1, 0.15) is 3.14 Å². The summed E-state index contributed by atoms with van der Waals surface area (Å²) in [5.41, 5.74) is 0. The minimum atomic E-state index is 0.980. The number of rotatable bonds is 0. The molecule has 2 rings (SSSR count). The molecule has 68 valence electrons. The fraction of sp³-hybridized carbons (Fsp3) is 0. The van der Waals surface area contributed by atoms with Crippen molar-refractivity contribution in [3.8, 4) is 0 Å². The fourth-order valence-corrected chi connectivity index (χ4v) is 5.93. The Kier molecular flexibility index (Phi) is 3.51. The first kappa shape index (κ1) is 9.79. The van der Waals surface area contributed by atoms with Crippen LogP contribution in [0.3, 0.4) is 0 Å². The molecule has 0 saturated heterocycles. The van der Waals surface area contributed by atoms with Crippen molar-refractivity contribution in [2.75, 3.05) is 0 Å². The van der Waals surface area contributed by atoms with Gasteiger partial charge in [0.2, 0.25) is 0 Å². The highest BCUT2D eigenvalue weighted by molar-refractivity contribution is 8.07. The van der Waals surface area contributed by atoms with Gasteiger partial charge in [0.05, 0.1) is 20.9 Å². The quantitative estimate of drug-likeness (QED) is 0.628. The van der Waals surface area contributed by atoms with Crippen LogP contribution in [0.25, 0.3) is 0 Å². The van der Waals surface area contributed by atoms with Gasteiger partial charge < -0.3 is 4.74 Å². The van der Waals surface area contributed by atoms with Crippen molar-refractivity contribution in [2.24, 2.45) is 0 Å². The largest absolute Gasteiger partial charge is 0.472 e. The van der Waals surface area contributed by atoms with Crippen LogP contribution in [-0.4, -0.2) is 0 Å². The topological polar surface area (TPSA) is 9.23 Å². The third kappa shape index (κ3) is 2.60. The molecular weight excluding hydrogens is 260 g/mol. The summed E-state index contributed by atoms with van der Waals surface area (Å²) in [6, 6.07) is 0. The molecular formula is C7H4OS5. The van der Waals surface area contributed by atoms with Crippen LogP contribution in [0, 0.1) is 3.14 Å². The van der Waals surface area contributed by atoms with Crippen LogP contribution in [0.4, 0.5) is 0 Å². The average Bonchev–Trinajstić information content (AvgIpc) is 2.46. The standard InChI is InChI=1S/C7H4OS5/c9-7-12-5-6(13-7)11-4-2-8-1-3-10-5/h1-4H/b3-1-,4-2-. The third-order valence-electron chi connectivity index (χ3n) is 1.14. The highest BCUT2D eigenvalue weighted by Gasteiger charge is 2.06. The maximum Gasteiger partial charge on any atom is 0.145 e. The minimum Gasteiger partial charge on any atom is -0.472 e. The van der Waals surface area contributed by atoms with Gasteiger partial charge in [-0.05, 0) is 0 Å². The van der Waals surface area contributed by atoms with Gasteiger partial charge in [-0.15, -0.1) is 22.7 Å². The van der Waals surface area contributed by atoms with E-state index in [9.17, 15) is 0 Å². The second-order valence-corrected chi connectivity index (χ2v) is 7.52. The van der Waals surface area contributed by atoms with E-state index in [-0.39, 0.29) is 0 Å². The lowest BCUT2D eigenvalue weighted by Crippen LogP contribution is -1.59. The van der Waals surface area contributed by atoms with Gasteiger partial charge in [-0.3, -0.25) is 0 Å². The van der Waals surface area contributed by atoms with Crippen LogP contribution in [-0.2, 0) is 4.74 Å². The Morgan fingerprint density at radius 1 is 1.00 bits per heavy atom. The second-order valence-electron chi connectivity index (χ2n) is 1.95. The molecule has 0 N–H and O–H groups in total. The summed E-state index contributed by atoms with van der Waals surface area (Å²) in [6.45, 7) is 0. The first-order chi connectivity index (χ1) is 6.36. The molecule has 0 atom stereocenters. The van der Waals surface area contributed by atoms with E-state index in [0.29, 0.717) is 0 Å². The van der Waals surface area contributed by atoms with E-state index >= 15 is 0 Å². The van der Waals surface area contributed by atoms with Gasteiger partial charge in [0.25, 0.3) is 0 Å². The number of fused-ring (bicyclic) bond motifs is 1. The van der Waals surface area contributed by atoms with E-state index in [1.165, 1.54) is 8.42 Å². The second kappa shape index (κ2) is 4.65. The van der Waals surface area contributed by atoms with Gasteiger partial charge in [0.15, 0.2) is 0 Å². The zero-order valence-corrected chi connectivity index (χ0v) is 10.3. The Morgan fingerprint density at radius 2 is 1.54 bits per heavy atom. The molecule has 1 aromatic heterocycles. The molecule has 0 saturated carbocycles. The lowest BCUT2D eigenvalue weighted by molar-refractivity contribution is 0.405. The van der Waals surface area contributed by atoms with E-state index in [0.717, 1.165) is 3.14 Å². The van der Waals surface area contributed by atoms with E-state index in [4.69, 9.17) is 17.0 Å². The lowest BCUT2D eigenvalue weighted by Gasteiger charge is -1.91. The first-order valence-corrected chi connectivity index (χ1v) is 7.09. The van der Waals surface area contributed by atoms with Crippen LogP contribution in [0.5, 0.6) is 0 Å². The Bertz CT molecular complexity index is 365. The molecule has 1 nitrogen and oxygen atoms in total. The van der Waals surface area contributed by atoms with E-state index in [2.05, 4.69) is 0 Å². The molecule has 0 fully saturated rings. The summed E-state index contributed by atoms with van der Waals surface area (Å²) >= 11 is 11.8. The van der Waals surface area contributed by atoms with Crippen molar-refractivity contribution >= 4 is 58.4 Å². The maximum atomic E-state index is 5.13. The number of hydrogen-bond acceptors (Lipinski definition) is 6. The van der Waals surface area contributed by atoms with Crippen LogP contribution in [0.1, 0.15) is 0 Å². The molecule has 1 aliphatic rings. The van der Waals surface area contributed by atoms with Crippen molar-refractivity contribution in [3.63, 3.8) is 0 Å². The van der Waals surface area contributed by atoms with E-state index < -0.39 is 0 Å². The van der Waals surface area contributed by atoms with Gasteiger partial charge in [-0.25, -0.2) is 0 Å². The molecule has 0 spiro atoms. The Hall–Kier alpha value is 0.250. The summed E-state index contributed by atoms with van der Waals surface area (Å²) in [5.74, 6) is 0. The molecule has 1 aromatic rings. The summed E-state index contributed by atoms with van der Waals surface area (Å²) < 4.78 is 8.56. The van der Waals surface area contributed by atoms with Crippen LogP contribution >= 0.6 is 58.4 Å². The van der Waals surface area contributed by atoms with Crippen LogP contribution < -0.4 is 0 Å². The normalized spacial score (nSPS) is 20.3. The number of ether oxygens (including phenoxy) is 1. The zero-order valence-electron chi connectivity index (χ0n) is 6.26. The monoisotopic (exact) mass is 264 g/mol. The minimum absolute atomic E-state index is 0.980. The molecule has 1 aliphatic heterocycles.